The lowest BCUT2D eigenvalue weighted by atomic mass is 9.87. The number of nitrogens with one attached hydrogen (secondary N) is 2. The van der Waals surface area contributed by atoms with E-state index in [4.69, 9.17) is 0 Å². The standard InChI is InChI=1S/2C9H11NO.H2O/c2*11-9-6-5-7-3-1-2-4-8(7)10-9;/h2*1-4,7-8H,5-6H2,(H,10,11);1H2. The molecule has 2 amide bonds. The Hall–Kier alpha value is -2.14. The van der Waals surface area contributed by atoms with Crippen molar-refractivity contribution in [1.82, 2.24) is 10.6 Å². The van der Waals surface area contributed by atoms with Crippen molar-refractivity contribution in [3.05, 3.63) is 48.6 Å². The van der Waals surface area contributed by atoms with E-state index in [1.54, 1.807) is 0 Å². The van der Waals surface area contributed by atoms with Crippen molar-refractivity contribution in [1.29, 1.82) is 0 Å². The van der Waals surface area contributed by atoms with Crippen LogP contribution in [-0.2, 0) is 9.59 Å². The molecule has 5 nitrogen and oxygen atoms in total. The van der Waals surface area contributed by atoms with Crippen LogP contribution in [0, 0.1) is 11.8 Å². The van der Waals surface area contributed by atoms with Crippen LogP contribution in [0.1, 0.15) is 25.7 Å². The zero-order chi connectivity index (χ0) is 15.4. The zero-order valence-corrected chi connectivity index (χ0v) is 13.1. The molecule has 5 heteroatoms. The van der Waals surface area contributed by atoms with Crippen LogP contribution < -0.4 is 10.6 Å². The van der Waals surface area contributed by atoms with Gasteiger partial charge in [0.05, 0.1) is 12.1 Å². The highest BCUT2D eigenvalue weighted by atomic mass is 16.2. The van der Waals surface area contributed by atoms with Gasteiger partial charge in [0, 0.05) is 24.7 Å². The second kappa shape index (κ2) is 7.92. The van der Waals surface area contributed by atoms with Gasteiger partial charge in [-0.3, -0.25) is 9.59 Å². The molecule has 4 atom stereocenters. The molecule has 23 heavy (non-hydrogen) atoms. The number of piperidine rings is 2. The molecule has 4 rings (SSSR count). The smallest absolute Gasteiger partial charge is 0.220 e. The van der Waals surface area contributed by atoms with E-state index in [0.29, 0.717) is 24.7 Å². The van der Waals surface area contributed by atoms with Crippen LogP contribution in [0.5, 0.6) is 0 Å². The van der Waals surface area contributed by atoms with Crippen molar-refractivity contribution < 1.29 is 15.1 Å². The summed E-state index contributed by atoms with van der Waals surface area (Å²) in [6.07, 6.45) is 19.9. The van der Waals surface area contributed by atoms with Crippen LogP contribution in [0.2, 0.25) is 0 Å². The summed E-state index contributed by atoms with van der Waals surface area (Å²) in [6, 6.07) is 0.530. The van der Waals surface area contributed by atoms with E-state index in [9.17, 15) is 9.59 Å². The molecule has 2 saturated heterocycles. The largest absolute Gasteiger partial charge is 0.412 e. The maximum Gasteiger partial charge on any atom is 0.220 e. The number of rotatable bonds is 0. The van der Waals surface area contributed by atoms with Gasteiger partial charge in [0.1, 0.15) is 0 Å². The van der Waals surface area contributed by atoms with Crippen LogP contribution in [0.3, 0.4) is 0 Å². The third kappa shape index (κ3) is 4.42. The van der Waals surface area contributed by atoms with E-state index in [-0.39, 0.29) is 29.4 Å². The molecule has 2 fully saturated rings. The zero-order valence-electron chi connectivity index (χ0n) is 13.1. The van der Waals surface area contributed by atoms with Gasteiger partial charge in [-0.25, -0.2) is 0 Å². The first kappa shape index (κ1) is 17.2. The average Bonchev–Trinajstić information content (AvgIpc) is 2.55. The Morgan fingerprint density at radius 2 is 1.09 bits per heavy atom. The molecule has 124 valence electrons. The molecular formula is C18H24N2O3. The maximum atomic E-state index is 10.9. The van der Waals surface area contributed by atoms with Gasteiger partial charge in [-0.15, -0.1) is 0 Å². The highest BCUT2D eigenvalue weighted by Gasteiger charge is 2.26. The summed E-state index contributed by atoms with van der Waals surface area (Å²) in [6.45, 7) is 0. The molecular weight excluding hydrogens is 292 g/mol. The van der Waals surface area contributed by atoms with Crippen molar-refractivity contribution in [2.75, 3.05) is 0 Å². The van der Waals surface area contributed by atoms with Crippen LogP contribution >= 0.6 is 0 Å². The fraction of sp³-hybridized carbons (Fsp3) is 0.444. The molecule has 0 bridgehead atoms. The van der Waals surface area contributed by atoms with Gasteiger partial charge in [0.2, 0.25) is 11.8 Å². The number of hydrogen-bond acceptors (Lipinski definition) is 2. The summed E-state index contributed by atoms with van der Waals surface area (Å²) in [5.41, 5.74) is 0. The fourth-order valence-corrected chi connectivity index (χ4v) is 3.28. The van der Waals surface area contributed by atoms with Crippen LogP contribution in [0.25, 0.3) is 0 Å². The molecule has 2 aliphatic heterocycles. The predicted molar refractivity (Wildman–Crippen MR) is 89.5 cm³/mol. The first-order valence-electron chi connectivity index (χ1n) is 8.01. The molecule has 4 unspecified atom stereocenters. The van der Waals surface area contributed by atoms with Gasteiger partial charge in [0.25, 0.3) is 0 Å². The Kier molecular flexibility index (Phi) is 5.93. The minimum atomic E-state index is 0. The highest BCUT2D eigenvalue weighted by molar-refractivity contribution is 5.78. The first-order valence-corrected chi connectivity index (χ1v) is 8.01. The number of fused-ring (bicyclic) bond motifs is 2. The SMILES string of the molecule is O.O=C1CCC2C=CC=CC2N1.O=C1CCC2C=CC=CC2N1. The summed E-state index contributed by atoms with van der Waals surface area (Å²) in [5.74, 6) is 1.45. The third-order valence-corrected chi connectivity index (χ3v) is 4.56. The normalized spacial score (nSPS) is 33.2. The van der Waals surface area contributed by atoms with Crippen LogP contribution in [-0.4, -0.2) is 29.4 Å². The summed E-state index contributed by atoms with van der Waals surface area (Å²) in [7, 11) is 0. The molecule has 0 aromatic heterocycles. The minimum Gasteiger partial charge on any atom is -0.412 e. The van der Waals surface area contributed by atoms with Gasteiger partial charge >= 0.3 is 0 Å². The molecule has 0 aromatic carbocycles. The van der Waals surface area contributed by atoms with Gasteiger partial charge < -0.3 is 16.1 Å². The molecule has 2 heterocycles. The number of allylic oxidation sites excluding steroid dienone is 4. The minimum absolute atomic E-state index is 0. The molecule has 4 N–H and O–H groups in total. The second-order valence-corrected chi connectivity index (χ2v) is 6.13. The Bertz CT molecular complexity index is 513. The summed E-state index contributed by atoms with van der Waals surface area (Å²) < 4.78 is 0. The highest BCUT2D eigenvalue weighted by Crippen LogP contribution is 2.22. The van der Waals surface area contributed by atoms with E-state index in [1.165, 1.54) is 0 Å². The molecule has 0 radical (unpaired) electrons. The first-order chi connectivity index (χ1) is 10.7. The van der Waals surface area contributed by atoms with E-state index >= 15 is 0 Å². The van der Waals surface area contributed by atoms with Gasteiger partial charge in [-0.2, -0.15) is 0 Å². The Labute approximate surface area is 136 Å². The molecule has 4 aliphatic rings. The van der Waals surface area contributed by atoms with Gasteiger partial charge in [-0.05, 0) is 12.8 Å². The van der Waals surface area contributed by atoms with Crippen molar-refractivity contribution in [3.8, 4) is 0 Å². The lowest BCUT2D eigenvalue weighted by Gasteiger charge is -2.29. The molecule has 0 aromatic rings. The van der Waals surface area contributed by atoms with Crippen LogP contribution in [0.4, 0.5) is 0 Å². The summed E-state index contributed by atoms with van der Waals surface area (Å²) in [4.78, 5) is 21.9. The summed E-state index contributed by atoms with van der Waals surface area (Å²) >= 11 is 0. The third-order valence-electron chi connectivity index (χ3n) is 4.56. The molecule has 0 saturated carbocycles. The van der Waals surface area contributed by atoms with Crippen molar-refractivity contribution in [2.24, 2.45) is 11.8 Å². The van der Waals surface area contributed by atoms with E-state index in [1.807, 2.05) is 12.2 Å². The predicted octanol–water partition coefficient (Wildman–Crippen LogP) is 1.19. The number of carbonyl (C=O) groups is 2. The Morgan fingerprint density at radius 3 is 1.52 bits per heavy atom. The van der Waals surface area contributed by atoms with Crippen molar-refractivity contribution in [3.63, 3.8) is 0 Å². The van der Waals surface area contributed by atoms with E-state index < -0.39 is 0 Å². The summed E-state index contributed by atoms with van der Waals surface area (Å²) in [5, 5.41) is 5.88. The monoisotopic (exact) mass is 316 g/mol. The Morgan fingerprint density at radius 1 is 0.696 bits per heavy atom. The number of amides is 2. The van der Waals surface area contributed by atoms with E-state index in [0.717, 1.165) is 12.8 Å². The maximum absolute atomic E-state index is 10.9. The molecule has 0 spiro atoms. The Balaban J connectivity index is 0.000000160. The average molecular weight is 316 g/mol. The second-order valence-electron chi connectivity index (χ2n) is 6.13. The van der Waals surface area contributed by atoms with Crippen molar-refractivity contribution >= 4 is 11.8 Å². The van der Waals surface area contributed by atoms with Crippen LogP contribution in [0.15, 0.2) is 48.6 Å². The molecule has 2 aliphatic carbocycles. The van der Waals surface area contributed by atoms with E-state index in [2.05, 4.69) is 47.1 Å². The fourth-order valence-electron chi connectivity index (χ4n) is 3.28. The lowest BCUT2D eigenvalue weighted by molar-refractivity contribution is -0.124. The number of carbonyl (C=O) groups excluding carboxylic acids is 2. The lowest BCUT2D eigenvalue weighted by Crippen LogP contribution is -2.43. The number of hydrogen-bond donors (Lipinski definition) is 2. The van der Waals surface area contributed by atoms with Gasteiger partial charge in [-0.1, -0.05) is 48.6 Å². The van der Waals surface area contributed by atoms with Crippen molar-refractivity contribution in [2.45, 2.75) is 37.8 Å². The quantitative estimate of drug-likeness (QED) is 0.703. The van der Waals surface area contributed by atoms with Gasteiger partial charge in [0.15, 0.2) is 0 Å². The topological polar surface area (TPSA) is 89.7 Å².